The molecule has 0 spiro atoms. The zero-order valence-electron chi connectivity index (χ0n) is 13.4. The summed E-state index contributed by atoms with van der Waals surface area (Å²) in [4.78, 5) is 20.4. The standard InChI is InChI=1S/C18H17FN4O/c1-13-5-6-15(10-20)18(21-13)23-8-7-22(17(24)12-23)11-14-3-2-4-16(19)9-14/h2-6,9H,7-8,11-12H2,1H3. The van der Waals surface area contributed by atoms with Gasteiger partial charge in [0, 0.05) is 25.3 Å². The third-order valence-electron chi connectivity index (χ3n) is 4.02. The van der Waals surface area contributed by atoms with Gasteiger partial charge in [-0.05, 0) is 36.8 Å². The fourth-order valence-corrected chi connectivity index (χ4v) is 2.78. The molecular weight excluding hydrogens is 307 g/mol. The summed E-state index contributed by atoms with van der Waals surface area (Å²) in [5.41, 5.74) is 2.04. The van der Waals surface area contributed by atoms with Gasteiger partial charge >= 0.3 is 0 Å². The summed E-state index contributed by atoms with van der Waals surface area (Å²) in [5.74, 6) is 0.190. The van der Waals surface area contributed by atoms with Crippen molar-refractivity contribution in [2.45, 2.75) is 13.5 Å². The van der Waals surface area contributed by atoms with E-state index in [0.717, 1.165) is 11.3 Å². The van der Waals surface area contributed by atoms with E-state index in [9.17, 15) is 14.4 Å². The lowest BCUT2D eigenvalue weighted by Crippen LogP contribution is -2.50. The number of halogens is 1. The van der Waals surface area contributed by atoms with Crippen molar-refractivity contribution in [1.82, 2.24) is 9.88 Å². The number of benzene rings is 1. The van der Waals surface area contributed by atoms with E-state index in [4.69, 9.17) is 0 Å². The molecule has 1 amide bonds. The highest BCUT2D eigenvalue weighted by Crippen LogP contribution is 2.20. The van der Waals surface area contributed by atoms with Crippen molar-refractivity contribution >= 4 is 11.7 Å². The predicted octanol–water partition coefficient (Wildman–Crippen LogP) is 2.25. The van der Waals surface area contributed by atoms with Crippen LogP contribution in [0.2, 0.25) is 0 Å². The quantitative estimate of drug-likeness (QED) is 0.869. The lowest BCUT2D eigenvalue weighted by atomic mass is 10.1. The molecule has 1 saturated heterocycles. The molecule has 0 radical (unpaired) electrons. The van der Waals surface area contributed by atoms with Crippen LogP contribution in [0.3, 0.4) is 0 Å². The van der Waals surface area contributed by atoms with E-state index in [1.54, 1.807) is 29.2 Å². The number of aryl methyl sites for hydroxylation is 1. The normalized spacial score (nSPS) is 14.6. The van der Waals surface area contributed by atoms with Crippen LogP contribution in [0.25, 0.3) is 0 Å². The first-order valence-corrected chi connectivity index (χ1v) is 7.72. The first-order valence-electron chi connectivity index (χ1n) is 7.72. The summed E-state index contributed by atoms with van der Waals surface area (Å²) in [6.07, 6.45) is 0. The fraction of sp³-hybridized carbons (Fsp3) is 0.278. The number of amides is 1. The summed E-state index contributed by atoms with van der Waals surface area (Å²) in [6, 6.07) is 11.9. The van der Waals surface area contributed by atoms with Gasteiger partial charge in [0.15, 0.2) is 0 Å². The molecule has 1 fully saturated rings. The minimum Gasteiger partial charge on any atom is -0.344 e. The fourth-order valence-electron chi connectivity index (χ4n) is 2.78. The van der Waals surface area contributed by atoms with Gasteiger partial charge in [-0.25, -0.2) is 9.37 Å². The van der Waals surface area contributed by atoms with E-state index in [1.807, 2.05) is 11.8 Å². The molecule has 3 rings (SSSR count). The molecule has 2 aromatic rings. The Hall–Kier alpha value is -2.94. The van der Waals surface area contributed by atoms with Gasteiger partial charge in [-0.2, -0.15) is 5.26 Å². The van der Waals surface area contributed by atoms with Gasteiger partial charge in [0.1, 0.15) is 17.7 Å². The highest BCUT2D eigenvalue weighted by Gasteiger charge is 2.26. The number of pyridine rings is 1. The van der Waals surface area contributed by atoms with E-state index < -0.39 is 0 Å². The molecule has 1 aromatic heterocycles. The molecule has 0 atom stereocenters. The number of rotatable bonds is 3. The second-order valence-corrected chi connectivity index (χ2v) is 5.80. The lowest BCUT2D eigenvalue weighted by molar-refractivity contribution is -0.131. The van der Waals surface area contributed by atoms with Gasteiger partial charge < -0.3 is 9.80 Å². The number of nitriles is 1. The zero-order chi connectivity index (χ0) is 17.1. The second kappa shape index (κ2) is 6.67. The van der Waals surface area contributed by atoms with E-state index in [1.165, 1.54) is 12.1 Å². The number of carbonyl (C=O) groups is 1. The van der Waals surface area contributed by atoms with Gasteiger partial charge in [-0.1, -0.05) is 12.1 Å². The van der Waals surface area contributed by atoms with Crippen LogP contribution in [0.4, 0.5) is 10.2 Å². The number of carbonyl (C=O) groups excluding carboxylic acids is 1. The summed E-state index contributed by atoms with van der Waals surface area (Å²) in [5, 5.41) is 9.23. The van der Waals surface area contributed by atoms with Crippen molar-refractivity contribution in [2.75, 3.05) is 24.5 Å². The Balaban J connectivity index is 1.73. The van der Waals surface area contributed by atoms with Crippen LogP contribution < -0.4 is 4.90 Å². The van der Waals surface area contributed by atoms with Gasteiger partial charge in [0.2, 0.25) is 5.91 Å². The van der Waals surface area contributed by atoms with Crippen LogP contribution >= 0.6 is 0 Å². The van der Waals surface area contributed by atoms with Crippen molar-refractivity contribution in [3.63, 3.8) is 0 Å². The maximum Gasteiger partial charge on any atom is 0.242 e. The Morgan fingerprint density at radius 2 is 2.12 bits per heavy atom. The molecule has 122 valence electrons. The molecule has 1 aromatic carbocycles. The van der Waals surface area contributed by atoms with Crippen molar-refractivity contribution in [2.24, 2.45) is 0 Å². The largest absolute Gasteiger partial charge is 0.344 e. The van der Waals surface area contributed by atoms with E-state index >= 15 is 0 Å². The molecule has 0 saturated carbocycles. The zero-order valence-corrected chi connectivity index (χ0v) is 13.4. The molecule has 6 heteroatoms. The third kappa shape index (κ3) is 3.35. The highest BCUT2D eigenvalue weighted by atomic mass is 19.1. The molecule has 2 heterocycles. The number of nitrogens with zero attached hydrogens (tertiary/aromatic N) is 4. The average Bonchev–Trinajstić information content (AvgIpc) is 2.57. The molecule has 1 aliphatic heterocycles. The molecule has 0 bridgehead atoms. The Morgan fingerprint density at radius 1 is 1.29 bits per heavy atom. The molecule has 1 aliphatic rings. The molecule has 24 heavy (non-hydrogen) atoms. The van der Waals surface area contributed by atoms with Crippen LogP contribution in [-0.4, -0.2) is 35.4 Å². The molecule has 0 unspecified atom stereocenters. The van der Waals surface area contributed by atoms with E-state index in [0.29, 0.717) is 31.0 Å². The third-order valence-corrected chi connectivity index (χ3v) is 4.02. The number of anilines is 1. The second-order valence-electron chi connectivity index (χ2n) is 5.80. The van der Waals surface area contributed by atoms with Crippen LogP contribution in [-0.2, 0) is 11.3 Å². The average molecular weight is 324 g/mol. The SMILES string of the molecule is Cc1ccc(C#N)c(N2CCN(Cc3cccc(F)c3)C(=O)C2)n1. The Bertz CT molecular complexity index is 815. The topological polar surface area (TPSA) is 60.2 Å². The lowest BCUT2D eigenvalue weighted by Gasteiger charge is -2.35. The van der Waals surface area contributed by atoms with Gasteiger partial charge in [-0.3, -0.25) is 4.79 Å². The van der Waals surface area contributed by atoms with Crippen molar-refractivity contribution < 1.29 is 9.18 Å². The van der Waals surface area contributed by atoms with Gasteiger partial charge in [0.05, 0.1) is 12.1 Å². The predicted molar refractivity (Wildman–Crippen MR) is 87.7 cm³/mol. The molecule has 5 nitrogen and oxygen atoms in total. The van der Waals surface area contributed by atoms with Crippen LogP contribution in [0, 0.1) is 24.1 Å². The Labute approximate surface area is 139 Å². The van der Waals surface area contributed by atoms with E-state index in [2.05, 4.69) is 11.1 Å². The maximum absolute atomic E-state index is 13.3. The monoisotopic (exact) mass is 324 g/mol. The smallest absolute Gasteiger partial charge is 0.242 e. The Morgan fingerprint density at radius 3 is 2.83 bits per heavy atom. The summed E-state index contributed by atoms with van der Waals surface area (Å²) in [7, 11) is 0. The van der Waals surface area contributed by atoms with Crippen molar-refractivity contribution in [1.29, 1.82) is 5.26 Å². The summed E-state index contributed by atoms with van der Waals surface area (Å²) in [6.45, 7) is 3.51. The summed E-state index contributed by atoms with van der Waals surface area (Å²) >= 11 is 0. The minimum atomic E-state index is -0.304. The number of aromatic nitrogens is 1. The first kappa shape index (κ1) is 15.9. The van der Waals surface area contributed by atoms with Gasteiger partial charge in [-0.15, -0.1) is 0 Å². The number of piperazine rings is 1. The molecule has 0 aliphatic carbocycles. The summed E-state index contributed by atoms with van der Waals surface area (Å²) < 4.78 is 13.3. The first-order chi connectivity index (χ1) is 11.6. The van der Waals surface area contributed by atoms with Crippen LogP contribution in [0.5, 0.6) is 0 Å². The van der Waals surface area contributed by atoms with Crippen LogP contribution in [0.15, 0.2) is 36.4 Å². The molecular formula is C18H17FN4O. The van der Waals surface area contributed by atoms with Crippen molar-refractivity contribution in [3.8, 4) is 6.07 Å². The number of hydrogen-bond donors (Lipinski definition) is 0. The Kier molecular flexibility index (Phi) is 4.43. The van der Waals surface area contributed by atoms with Crippen molar-refractivity contribution in [3.05, 3.63) is 59.0 Å². The minimum absolute atomic E-state index is 0.0577. The molecule has 0 N–H and O–H groups in total. The number of hydrogen-bond acceptors (Lipinski definition) is 4. The van der Waals surface area contributed by atoms with Gasteiger partial charge in [0.25, 0.3) is 0 Å². The maximum atomic E-state index is 13.3. The highest BCUT2D eigenvalue weighted by molar-refractivity contribution is 5.83. The van der Waals surface area contributed by atoms with E-state index in [-0.39, 0.29) is 18.3 Å². The van der Waals surface area contributed by atoms with Crippen LogP contribution in [0.1, 0.15) is 16.8 Å².